The van der Waals surface area contributed by atoms with Crippen LogP contribution < -0.4 is 4.43 Å². The molecule has 0 N–H and O–H groups in total. The van der Waals surface area contributed by atoms with Crippen LogP contribution in [-0.4, -0.2) is 19.5 Å². The maximum atomic E-state index is 6.13. The van der Waals surface area contributed by atoms with Crippen LogP contribution in [-0.2, 0) is 6.42 Å². The van der Waals surface area contributed by atoms with Crippen LogP contribution in [0, 0.1) is 6.92 Å². The smallest absolute Gasteiger partial charge is 0.242 e. The van der Waals surface area contributed by atoms with E-state index in [-0.39, 0.29) is 0 Å². The van der Waals surface area contributed by atoms with Crippen LogP contribution in [0.2, 0.25) is 19.6 Å². The fourth-order valence-electron chi connectivity index (χ4n) is 1.90. The molecule has 0 amide bonds. The van der Waals surface area contributed by atoms with E-state index in [0.717, 1.165) is 23.6 Å². The van der Waals surface area contributed by atoms with Crippen LogP contribution in [0.25, 0.3) is 0 Å². The molecule has 0 bridgehead atoms. The summed E-state index contributed by atoms with van der Waals surface area (Å²) in [5.74, 6) is 0.881. The van der Waals surface area contributed by atoms with E-state index in [1.165, 1.54) is 5.56 Å². The number of aryl methyl sites for hydroxylation is 1. The first-order chi connectivity index (χ1) is 9.94. The van der Waals surface area contributed by atoms with Crippen LogP contribution >= 0.6 is 0 Å². The first kappa shape index (κ1) is 15.4. The summed E-state index contributed by atoms with van der Waals surface area (Å²) < 4.78 is 6.13. The van der Waals surface area contributed by atoms with Gasteiger partial charge in [0.05, 0.1) is 0 Å². The highest BCUT2D eigenvalue weighted by molar-refractivity contribution is 6.70. The number of aromatic nitrogens is 1. The topological polar surface area (TPSA) is 34.5 Å². The summed E-state index contributed by atoms with van der Waals surface area (Å²) in [6.45, 7) is 8.60. The Labute approximate surface area is 127 Å². The second kappa shape index (κ2) is 6.67. The predicted molar refractivity (Wildman–Crippen MR) is 91.2 cm³/mol. The molecule has 0 unspecified atom stereocenters. The van der Waals surface area contributed by atoms with Crippen molar-refractivity contribution in [3.05, 3.63) is 53.9 Å². The van der Waals surface area contributed by atoms with Crippen molar-refractivity contribution in [2.24, 2.45) is 4.99 Å². The zero-order valence-corrected chi connectivity index (χ0v) is 14.1. The molecule has 4 heteroatoms. The lowest BCUT2D eigenvalue weighted by molar-refractivity contribution is 0.558. The van der Waals surface area contributed by atoms with Gasteiger partial charge in [-0.2, -0.15) is 0 Å². The van der Waals surface area contributed by atoms with Crippen LogP contribution in [0.3, 0.4) is 0 Å². The Hall–Kier alpha value is -1.94. The number of benzene rings is 1. The fourth-order valence-corrected chi connectivity index (χ4v) is 2.72. The molecule has 1 aromatic carbocycles. The molecule has 0 radical (unpaired) electrons. The highest BCUT2D eigenvalue weighted by Crippen LogP contribution is 2.30. The van der Waals surface area contributed by atoms with Crippen LogP contribution in [0.1, 0.15) is 11.3 Å². The highest BCUT2D eigenvalue weighted by atomic mass is 28.4. The van der Waals surface area contributed by atoms with E-state index in [1.54, 1.807) is 6.20 Å². The van der Waals surface area contributed by atoms with Crippen LogP contribution in [0.4, 0.5) is 5.69 Å². The Morgan fingerprint density at radius 1 is 1.19 bits per heavy atom. The van der Waals surface area contributed by atoms with Crippen molar-refractivity contribution >= 4 is 20.2 Å². The van der Waals surface area contributed by atoms with Gasteiger partial charge in [0.2, 0.25) is 8.32 Å². The minimum atomic E-state index is -1.64. The van der Waals surface area contributed by atoms with Gasteiger partial charge >= 0.3 is 0 Å². The van der Waals surface area contributed by atoms with E-state index in [1.807, 2.05) is 30.5 Å². The highest BCUT2D eigenvalue weighted by Gasteiger charge is 2.18. The molecule has 0 aliphatic carbocycles. The number of hydrogen-bond acceptors (Lipinski definition) is 3. The van der Waals surface area contributed by atoms with E-state index < -0.39 is 8.32 Å². The van der Waals surface area contributed by atoms with Gasteiger partial charge in [-0.3, -0.25) is 9.98 Å². The Morgan fingerprint density at radius 3 is 2.67 bits per heavy atom. The first-order valence-corrected chi connectivity index (χ1v) is 10.6. The van der Waals surface area contributed by atoms with Gasteiger partial charge in [-0.25, -0.2) is 0 Å². The standard InChI is InChI=1S/C17H22N2OSi/c1-14-8-9-16(17(13-14)20-21(2,3)4)19-12-10-15-7-5-6-11-18-15/h5-9,11-13H,10H2,1-4H3. The van der Waals surface area contributed by atoms with E-state index in [4.69, 9.17) is 4.43 Å². The van der Waals surface area contributed by atoms with Crippen LogP contribution in [0.15, 0.2) is 47.6 Å². The number of pyridine rings is 1. The summed E-state index contributed by atoms with van der Waals surface area (Å²) in [7, 11) is -1.64. The van der Waals surface area contributed by atoms with Gasteiger partial charge in [0.15, 0.2) is 0 Å². The zero-order valence-electron chi connectivity index (χ0n) is 13.1. The first-order valence-electron chi connectivity index (χ1n) is 7.16. The largest absolute Gasteiger partial charge is 0.543 e. The van der Waals surface area contributed by atoms with E-state index >= 15 is 0 Å². The van der Waals surface area contributed by atoms with Gasteiger partial charge < -0.3 is 4.43 Å². The average molecular weight is 298 g/mol. The lowest BCUT2D eigenvalue weighted by Gasteiger charge is -2.20. The van der Waals surface area contributed by atoms with Crippen molar-refractivity contribution in [3.8, 4) is 5.75 Å². The lowest BCUT2D eigenvalue weighted by atomic mass is 10.2. The Bertz CT molecular complexity index is 618. The van der Waals surface area contributed by atoms with Crippen molar-refractivity contribution in [2.75, 3.05) is 0 Å². The molecular formula is C17H22N2OSi. The van der Waals surface area contributed by atoms with Gasteiger partial charge in [0.25, 0.3) is 0 Å². The quantitative estimate of drug-likeness (QED) is 0.599. The minimum absolute atomic E-state index is 0.723. The molecule has 0 saturated heterocycles. The molecule has 0 fully saturated rings. The molecule has 0 spiro atoms. The van der Waals surface area contributed by atoms with Gasteiger partial charge in [0.1, 0.15) is 11.4 Å². The average Bonchev–Trinajstić information content (AvgIpc) is 2.41. The molecule has 2 rings (SSSR count). The van der Waals surface area contributed by atoms with Crippen molar-refractivity contribution in [3.63, 3.8) is 0 Å². The summed E-state index contributed by atoms with van der Waals surface area (Å²) in [5, 5.41) is 0. The zero-order chi connectivity index (χ0) is 15.3. The van der Waals surface area contributed by atoms with Gasteiger partial charge in [-0.15, -0.1) is 0 Å². The summed E-state index contributed by atoms with van der Waals surface area (Å²) in [4.78, 5) is 8.85. The van der Waals surface area contributed by atoms with Gasteiger partial charge in [-0.1, -0.05) is 12.1 Å². The number of rotatable bonds is 5. The molecule has 1 heterocycles. The monoisotopic (exact) mass is 298 g/mol. The molecule has 1 aromatic heterocycles. The normalized spacial score (nSPS) is 11.8. The summed E-state index contributed by atoms with van der Waals surface area (Å²) in [5.41, 5.74) is 3.09. The second-order valence-electron chi connectivity index (χ2n) is 6.02. The minimum Gasteiger partial charge on any atom is -0.543 e. The molecular weight excluding hydrogens is 276 g/mol. The molecule has 3 nitrogen and oxygen atoms in total. The number of hydrogen-bond donors (Lipinski definition) is 0. The van der Waals surface area contributed by atoms with Crippen molar-refractivity contribution in [2.45, 2.75) is 33.0 Å². The van der Waals surface area contributed by atoms with E-state index in [2.05, 4.69) is 48.7 Å². The molecule has 21 heavy (non-hydrogen) atoms. The Kier molecular flexibility index (Phi) is 4.91. The maximum Gasteiger partial charge on any atom is 0.242 e. The van der Waals surface area contributed by atoms with Crippen LogP contribution in [0.5, 0.6) is 5.75 Å². The van der Waals surface area contributed by atoms with E-state index in [0.29, 0.717) is 0 Å². The second-order valence-corrected chi connectivity index (χ2v) is 10.5. The third-order valence-corrected chi connectivity index (χ3v) is 3.62. The Balaban J connectivity index is 2.15. The van der Waals surface area contributed by atoms with Crippen molar-refractivity contribution < 1.29 is 4.43 Å². The maximum absolute atomic E-state index is 6.13. The predicted octanol–water partition coefficient (Wildman–Crippen LogP) is 4.55. The number of nitrogens with zero attached hydrogens (tertiary/aromatic N) is 2. The van der Waals surface area contributed by atoms with E-state index in [9.17, 15) is 0 Å². The third-order valence-electron chi connectivity index (χ3n) is 2.79. The van der Waals surface area contributed by atoms with Crippen molar-refractivity contribution in [1.29, 1.82) is 0 Å². The molecule has 0 aliphatic heterocycles. The molecule has 0 aliphatic rings. The molecule has 0 saturated carbocycles. The van der Waals surface area contributed by atoms with Crippen molar-refractivity contribution in [1.82, 2.24) is 4.98 Å². The summed E-state index contributed by atoms with van der Waals surface area (Å²) >= 11 is 0. The molecule has 110 valence electrons. The molecule has 0 atom stereocenters. The molecule has 2 aromatic rings. The Morgan fingerprint density at radius 2 is 2.00 bits per heavy atom. The number of aliphatic imine (C=N–C) groups is 1. The third kappa shape index (κ3) is 5.15. The lowest BCUT2D eigenvalue weighted by Crippen LogP contribution is -2.29. The summed E-state index contributed by atoms with van der Waals surface area (Å²) in [6, 6.07) is 12.0. The van der Waals surface area contributed by atoms with Gasteiger partial charge in [0, 0.05) is 24.5 Å². The van der Waals surface area contributed by atoms with Gasteiger partial charge in [-0.05, 0) is 56.4 Å². The summed E-state index contributed by atoms with van der Waals surface area (Å²) in [6.07, 6.45) is 4.42. The SMILES string of the molecule is Cc1ccc(N=CCc2ccccn2)c(O[Si](C)(C)C)c1. The fraction of sp³-hybridized carbons (Fsp3) is 0.294.